The molecule has 7 heteroatoms. The van der Waals surface area contributed by atoms with Crippen LogP contribution in [0.1, 0.15) is 69.6 Å². The van der Waals surface area contributed by atoms with E-state index >= 15 is 0 Å². The van der Waals surface area contributed by atoms with Crippen LogP contribution in [0.25, 0.3) is 0 Å². The first kappa shape index (κ1) is 20.4. The second kappa shape index (κ2) is 7.59. The molecular weight excluding hydrogens is 376 g/mol. The highest BCUT2D eigenvalue weighted by atomic mass is 35.5. The molecule has 1 saturated heterocycles. The number of halogens is 1. The Labute approximate surface area is 170 Å². The maximum Gasteiger partial charge on any atom is 0.276 e. The number of rotatable bonds is 4. The largest absolute Gasteiger partial charge is 0.321 e. The van der Waals surface area contributed by atoms with Crippen molar-refractivity contribution in [2.45, 2.75) is 58.9 Å². The van der Waals surface area contributed by atoms with Crippen molar-refractivity contribution in [2.24, 2.45) is 0 Å². The van der Waals surface area contributed by atoms with Gasteiger partial charge < -0.3 is 10.2 Å². The fourth-order valence-electron chi connectivity index (χ4n) is 3.36. The smallest absolute Gasteiger partial charge is 0.276 e. The molecule has 3 rings (SSSR count). The molecule has 0 saturated carbocycles. The SMILES string of the molecule is CC(C)c1cc(C(=O)Nc2ccc(N3CCCC3=O)c(Cl)c2)nn1C(C)(C)C. The summed E-state index contributed by atoms with van der Waals surface area (Å²) in [4.78, 5) is 26.4. The maximum atomic E-state index is 12.7. The maximum absolute atomic E-state index is 12.7. The van der Waals surface area contributed by atoms with Gasteiger partial charge in [0.25, 0.3) is 5.91 Å². The molecule has 0 aliphatic carbocycles. The van der Waals surface area contributed by atoms with E-state index in [9.17, 15) is 9.59 Å². The van der Waals surface area contributed by atoms with E-state index in [4.69, 9.17) is 11.6 Å². The number of aromatic nitrogens is 2. The van der Waals surface area contributed by atoms with Crippen molar-refractivity contribution in [1.82, 2.24) is 9.78 Å². The van der Waals surface area contributed by atoms with Gasteiger partial charge >= 0.3 is 0 Å². The lowest BCUT2D eigenvalue weighted by Gasteiger charge is -2.23. The van der Waals surface area contributed by atoms with Crippen molar-refractivity contribution >= 4 is 34.8 Å². The summed E-state index contributed by atoms with van der Waals surface area (Å²) in [6.07, 6.45) is 1.38. The number of nitrogens with zero attached hydrogens (tertiary/aromatic N) is 3. The lowest BCUT2D eigenvalue weighted by atomic mass is 10.1. The molecule has 1 aromatic carbocycles. The Balaban J connectivity index is 1.82. The summed E-state index contributed by atoms with van der Waals surface area (Å²) in [6, 6.07) is 7.04. The summed E-state index contributed by atoms with van der Waals surface area (Å²) in [5, 5.41) is 7.83. The molecule has 2 amide bonds. The average Bonchev–Trinajstić information content (AvgIpc) is 3.21. The van der Waals surface area contributed by atoms with E-state index in [1.54, 1.807) is 23.1 Å². The van der Waals surface area contributed by atoms with Crippen LogP contribution in [0.3, 0.4) is 0 Å². The van der Waals surface area contributed by atoms with Crippen LogP contribution in [0.5, 0.6) is 0 Å². The van der Waals surface area contributed by atoms with Crippen molar-refractivity contribution in [3.8, 4) is 0 Å². The molecule has 0 radical (unpaired) electrons. The number of carbonyl (C=O) groups is 2. The van der Waals surface area contributed by atoms with Crippen LogP contribution in [0, 0.1) is 0 Å². The Hall–Kier alpha value is -2.34. The van der Waals surface area contributed by atoms with E-state index in [1.165, 1.54) is 0 Å². The second-order valence-electron chi connectivity index (χ2n) is 8.46. The second-order valence-corrected chi connectivity index (χ2v) is 8.87. The van der Waals surface area contributed by atoms with Gasteiger partial charge in [0, 0.05) is 24.3 Å². The molecular formula is C21H27ClN4O2. The molecule has 0 spiro atoms. The van der Waals surface area contributed by atoms with E-state index in [2.05, 4.69) is 45.0 Å². The van der Waals surface area contributed by atoms with Gasteiger partial charge in [0.15, 0.2) is 5.69 Å². The van der Waals surface area contributed by atoms with E-state index in [0.717, 1.165) is 12.1 Å². The molecule has 150 valence electrons. The minimum Gasteiger partial charge on any atom is -0.321 e. The lowest BCUT2D eigenvalue weighted by molar-refractivity contribution is -0.117. The van der Waals surface area contributed by atoms with E-state index in [0.29, 0.717) is 35.1 Å². The summed E-state index contributed by atoms with van der Waals surface area (Å²) >= 11 is 6.37. The molecule has 1 aromatic heterocycles. The fourth-order valence-corrected chi connectivity index (χ4v) is 3.64. The Morgan fingerprint density at radius 2 is 1.96 bits per heavy atom. The molecule has 2 aromatic rings. The zero-order valence-electron chi connectivity index (χ0n) is 17.0. The van der Waals surface area contributed by atoms with Crippen molar-refractivity contribution in [3.63, 3.8) is 0 Å². The molecule has 1 aliphatic rings. The van der Waals surface area contributed by atoms with Crippen LogP contribution in [-0.4, -0.2) is 28.1 Å². The summed E-state index contributed by atoms with van der Waals surface area (Å²) in [6.45, 7) is 11.0. The summed E-state index contributed by atoms with van der Waals surface area (Å²) in [5.41, 5.74) is 2.42. The normalized spacial score (nSPS) is 14.8. The highest BCUT2D eigenvalue weighted by Gasteiger charge is 2.25. The number of hydrogen-bond donors (Lipinski definition) is 1. The van der Waals surface area contributed by atoms with E-state index < -0.39 is 0 Å². The number of nitrogens with one attached hydrogen (secondary N) is 1. The monoisotopic (exact) mass is 402 g/mol. The fraction of sp³-hybridized carbons (Fsp3) is 0.476. The number of amides is 2. The van der Waals surface area contributed by atoms with Gasteiger partial charge in [-0.25, -0.2) is 0 Å². The van der Waals surface area contributed by atoms with Gasteiger partial charge in [0.2, 0.25) is 5.91 Å². The standard InChI is InChI=1S/C21H27ClN4O2/c1-13(2)18-12-16(24-26(18)21(3,4)5)20(28)23-14-8-9-17(15(22)11-14)25-10-6-7-19(25)27/h8-9,11-13H,6-7,10H2,1-5H3,(H,23,28). The Morgan fingerprint density at radius 1 is 1.25 bits per heavy atom. The zero-order chi connectivity index (χ0) is 20.6. The molecule has 28 heavy (non-hydrogen) atoms. The van der Waals surface area contributed by atoms with Crippen molar-refractivity contribution in [1.29, 1.82) is 0 Å². The average molecular weight is 403 g/mol. The quantitative estimate of drug-likeness (QED) is 0.799. The molecule has 0 unspecified atom stereocenters. The van der Waals surface area contributed by atoms with Crippen LogP contribution in [0.15, 0.2) is 24.3 Å². The molecule has 1 N–H and O–H groups in total. The van der Waals surface area contributed by atoms with Crippen LogP contribution in [0.2, 0.25) is 5.02 Å². The third-order valence-corrected chi connectivity index (χ3v) is 5.07. The topological polar surface area (TPSA) is 67.2 Å². The molecule has 2 heterocycles. The van der Waals surface area contributed by atoms with Crippen molar-refractivity contribution in [3.05, 3.63) is 40.7 Å². The Bertz CT molecular complexity index is 912. The highest BCUT2D eigenvalue weighted by Crippen LogP contribution is 2.32. The van der Waals surface area contributed by atoms with Crippen LogP contribution >= 0.6 is 11.6 Å². The van der Waals surface area contributed by atoms with Gasteiger partial charge in [-0.05, 0) is 57.4 Å². The minimum atomic E-state index is -0.286. The van der Waals surface area contributed by atoms with Gasteiger partial charge in [0.05, 0.1) is 16.2 Å². The Morgan fingerprint density at radius 3 is 2.46 bits per heavy atom. The van der Waals surface area contributed by atoms with Crippen LogP contribution in [-0.2, 0) is 10.3 Å². The Kier molecular flexibility index (Phi) is 5.53. The minimum absolute atomic E-state index is 0.0765. The van der Waals surface area contributed by atoms with Gasteiger partial charge in [-0.1, -0.05) is 25.4 Å². The van der Waals surface area contributed by atoms with E-state index in [1.807, 2.05) is 10.7 Å². The molecule has 1 aliphatic heterocycles. The first-order chi connectivity index (χ1) is 13.1. The van der Waals surface area contributed by atoms with Crippen molar-refractivity contribution in [2.75, 3.05) is 16.8 Å². The van der Waals surface area contributed by atoms with Crippen LogP contribution in [0.4, 0.5) is 11.4 Å². The lowest BCUT2D eigenvalue weighted by Crippen LogP contribution is -2.26. The summed E-state index contributed by atoms with van der Waals surface area (Å²) in [7, 11) is 0. The summed E-state index contributed by atoms with van der Waals surface area (Å²) in [5.74, 6) is 0.0404. The predicted molar refractivity (Wildman–Crippen MR) is 112 cm³/mol. The van der Waals surface area contributed by atoms with Gasteiger partial charge in [-0.3, -0.25) is 14.3 Å². The third-order valence-electron chi connectivity index (χ3n) is 4.77. The number of hydrogen-bond acceptors (Lipinski definition) is 3. The number of carbonyl (C=O) groups excluding carboxylic acids is 2. The van der Waals surface area contributed by atoms with Gasteiger partial charge in [-0.15, -0.1) is 0 Å². The number of anilines is 2. The van der Waals surface area contributed by atoms with Gasteiger partial charge in [0.1, 0.15) is 0 Å². The molecule has 1 fully saturated rings. The first-order valence-corrected chi connectivity index (χ1v) is 9.97. The van der Waals surface area contributed by atoms with Gasteiger partial charge in [-0.2, -0.15) is 5.10 Å². The summed E-state index contributed by atoms with van der Waals surface area (Å²) < 4.78 is 1.90. The third kappa shape index (κ3) is 4.07. The molecule has 0 bridgehead atoms. The highest BCUT2D eigenvalue weighted by molar-refractivity contribution is 6.34. The first-order valence-electron chi connectivity index (χ1n) is 9.59. The zero-order valence-corrected chi connectivity index (χ0v) is 17.8. The number of benzene rings is 1. The predicted octanol–water partition coefficient (Wildman–Crippen LogP) is 4.79. The van der Waals surface area contributed by atoms with Crippen molar-refractivity contribution < 1.29 is 9.59 Å². The van der Waals surface area contributed by atoms with Crippen LogP contribution < -0.4 is 10.2 Å². The molecule has 0 atom stereocenters. The van der Waals surface area contributed by atoms with E-state index in [-0.39, 0.29) is 23.3 Å². The molecule has 6 nitrogen and oxygen atoms in total.